The summed E-state index contributed by atoms with van der Waals surface area (Å²) in [5, 5.41) is 0. The van der Waals surface area contributed by atoms with E-state index in [4.69, 9.17) is 0 Å². The molecule has 2 heterocycles. The molecule has 0 bridgehead atoms. The van der Waals surface area contributed by atoms with E-state index in [0.29, 0.717) is 19.5 Å². The predicted molar refractivity (Wildman–Crippen MR) is 132 cm³/mol. The van der Waals surface area contributed by atoms with Crippen LogP contribution in [-0.2, 0) is 22.6 Å². The second kappa shape index (κ2) is 11.5. The third-order valence-electron chi connectivity index (χ3n) is 7.19. The Morgan fingerprint density at radius 3 is 2.21 bits per heavy atom. The molecular formula is C28H37N3O2. The summed E-state index contributed by atoms with van der Waals surface area (Å²) in [5.41, 5.74) is 2.59. The Labute approximate surface area is 198 Å². The summed E-state index contributed by atoms with van der Waals surface area (Å²) < 4.78 is 0. The first-order valence-corrected chi connectivity index (χ1v) is 12.4. The van der Waals surface area contributed by atoms with Gasteiger partial charge in [-0.25, -0.2) is 0 Å². The first-order valence-electron chi connectivity index (χ1n) is 12.4. The third kappa shape index (κ3) is 6.67. The van der Waals surface area contributed by atoms with Gasteiger partial charge in [-0.15, -0.1) is 0 Å². The molecule has 176 valence electrons. The molecule has 2 fully saturated rings. The number of hydrogen-bond acceptors (Lipinski definition) is 3. The maximum atomic E-state index is 13.3. The molecule has 5 heteroatoms. The highest BCUT2D eigenvalue weighted by Crippen LogP contribution is 2.23. The van der Waals surface area contributed by atoms with Crippen LogP contribution in [0.4, 0.5) is 0 Å². The van der Waals surface area contributed by atoms with Crippen LogP contribution in [0, 0.1) is 11.8 Å². The Hall–Kier alpha value is -2.66. The van der Waals surface area contributed by atoms with Gasteiger partial charge in [-0.2, -0.15) is 0 Å². The van der Waals surface area contributed by atoms with Crippen molar-refractivity contribution in [2.24, 2.45) is 11.8 Å². The van der Waals surface area contributed by atoms with Crippen LogP contribution in [-0.4, -0.2) is 66.3 Å². The molecule has 0 N–H and O–H groups in total. The number of rotatable bonds is 9. The molecule has 2 aromatic carbocycles. The minimum Gasteiger partial charge on any atom is -0.345 e. The number of amides is 2. The van der Waals surface area contributed by atoms with Crippen LogP contribution in [0.3, 0.4) is 0 Å². The molecule has 33 heavy (non-hydrogen) atoms. The number of piperidine rings is 1. The van der Waals surface area contributed by atoms with Crippen molar-refractivity contribution in [3.05, 3.63) is 71.8 Å². The lowest BCUT2D eigenvalue weighted by molar-refractivity contribution is -0.136. The van der Waals surface area contributed by atoms with Gasteiger partial charge in [0.1, 0.15) is 0 Å². The lowest BCUT2D eigenvalue weighted by atomic mass is 9.90. The normalized spacial score (nSPS) is 19.7. The molecule has 1 unspecified atom stereocenters. The van der Waals surface area contributed by atoms with Crippen molar-refractivity contribution in [3.8, 4) is 0 Å². The van der Waals surface area contributed by atoms with Crippen molar-refractivity contribution >= 4 is 11.8 Å². The van der Waals surface area contributed by atoms with Crippen molar-refractivity contribution in [2.75, 3.05) is 39.8 Å². The number of carbonyl (C=O) groups excluding carboxylic acids is 2. The van der Waals surface area contributed by atoms with E-state index in [1.807, 2.05) is 23.1 Å². The molecule has 0 aliphatic carbocycles. The average molecular weight is 448 g/mol. The van der Waals surface area contributed by atoms with Crippen molar-refractivity contribution in [1.29, 1.82) is 0 Å². The van der Waals surface area contributed by atoms with Crippen LogP contribution in [0.1, 0.15) is 36.8 Å². The number of carbonyl (C=O) groups is 2. The van der Waals surface area contributed by atoms with E-state index in [1.54, 1.807) is 11.9 Å². The van der Waals surface area contributed by atoms with Crippen LogP contribution in [0.5, 0.6) is 0 Å². The van der Waals surface area contributed by atoms with Crippen LogP contribution in [0.15, 0.2) is 60.7 Å². The van der Waals surface area contributed by atoms with E-state index in [1.165, 1.54) is 24.8 Å². The summed E-state index contributed by atoms with van der Waals surface area (Å²) in [6.45, 7) is 5.22. The summed E-state index contributed by atoms with van der Waals surface area (Å²) in [6.07, 6.45) is 4.99. The lowest BCUT2D eigenvalue weighted by Crippen LogP contribution is -2.40. The zero-order chi connectivity index (χ0) is 23.0. The maximum Gasteiger partial charge on any atom is 0.228 e. The van der Waals surface area contributed by atoms with Gasteiger partial charge in [-0.3, -0.25) is 9.59 Å². The van der Waals surface area contributed by atoms with E-state index < -0.39 is 0 Å². The van der Waals surface area contributed by atoms with Gasteiger partial charge >= 0.3 is 0 Å². The summed E-state index contributed by atoms with van der Waals surface area (Å²) in [4.78, 5) is 31.5. The highest BCUT2D eigenvalue weighted by atomic mass is 16.2. The molecule has 2 aliphatic rings. The summed E-state index contributed by atoms with van der Waals surface area (Å²) in [7, 11) is 1.79. The molecule has 2 aliphatic heterocycles. The first-order chi connectivity index (χ1) is 16.1. The van der Waals surface area contributed by atoms with Gasteiger partial charge in [0.2, 0.25) is 11.8 Å². The topological polar surface area (TPSA) is 43.9 Å². The number of benzene rings is 2. The number of hydrogen-bond donors (Lipinski definition) is 0. The smallest absolute Gasteiger partial charge is 0.228 e. The van der Waals surface area contributed by atoms with E-state index in [9.17, 15) is 9.59 Å². The van der Waals surface area contributed by atoms with E-state index >= 15 is 0 Å². The quantitative estimate of drug-likeness (QED) is 0.587. The molecule has 2 aromatic rings. The Balaban J connectivity index is 1.26. The van der Waals surface area contributed by atoms with E-state index in [0.717, 1.165) is 44.1 Å². The second-order valence-electron chi connectivity index (χ2n) is 9.75. The van der Waals surface area contributed by atoms with E-state index in [2.05, 4.69) is 47.4 Å². The molecule has 5 nitrogen and oxygen atoms in total. The standard InChI is InChI=1S/C28H37N3O2/c1-29-22-26(20-27(29)32)28(33)31(21-25-11-6-3-7-12-25)16-8-15-30-17-13-24(14-18-30)19-23-9-4-2-5-10-23/h2-7,9-12,24,26H,8,13-22H2,1H3. The maximum absolute atomic E-state index is 13.3. The molecule has 0 saturated carbocycles. The number of nitrogens with zero attached hydrogens (tertiary/aromatic N) is 3. The highest BCUT2D eigenvalue weighted by Gasteiger charge is 2.34. The van der Waals surface area contributed by atoms with Gasteiger partial charge in [0.05, 0.1) is 5.92 Å². The van der Waals surface area contributed by atoms with Crippen molar-refractivity contribution in [1.82, 2.24) is 14.7 Å². The Morgan fingerprint density at radius 2 is 1.61 bits per heavy atom. The van der Waals surface area contributed by atoms with Gasteiger partial charge in [-0.05, 0) is 62.4 Å². The highest BCUT2D eigenvalue weighted by molar-refractivity contribution is 5.89. The van der Waals surface area contributed by atoms with E-state index in [-0.39, 0.29) is 17.7 Å². The Bertz CT molecular complexity index is 894. The van der Waals surface area contributed by atoms with Gasteiger partial charge in [0, 0.05) is 33.1 Å². The Kier molecular flexibility index (Phi) is 8.16. The fourth-order valence-electron chi connectivity index (χ4n) is 5.20. The lowest BCUT2D eigenvalue weighted by Gasteiger charge is -2.33. The fraction of sp³-hybridized carbons (Fsp3) is 0.500. The second-order valence-corrected chi connectivity index (χ2v) is 9.75. The molecule has 0 radical (unpaired) electrons. The third-order valence-corrected chi connectivity index (χ3v) is 7.19. The first kappa shape index (κ1) is 23.5. The minimum atomic E-state index is -0.208. The zero-order valence-corrected chi connectivity index (χ0v) is 19.9. The van der Waals surface area contributed by atoms with Crippen LogP contribution < -0.4 is 0 Å². The monoisotopic (exact) mass is 447 g/mol. The molecular weight excluding hydrogens is 410 g/mol. The summed E-state index contributed by atoms with van der Waals surface area (Å²) in [6, 6.07) is 21.0. The van der Waals surface area contributed by atoms with Crippen LogP contribution in [0.25, 0.3) is 0 Å². The van der Waals surface area contributed by atoms with Crippen LogP contribution in [0.2, 0.25) is 0 Å². The van der Waals surface area contributed by atoms with Crippen molar-refractivity contribution < 1.29 is 9.59 Å². The number of likely N-dealkylation sites (tertiary alicyclic amines) is 2. The summed E-state index contributed by atoms with van der Waals surface area (Å²) >= 11 is 0. The minimum absolute atomic E-state index is 0.0754. The largest absolute Gasteiger partial charge is 0.345 e. The molecule has 2 amide bonds. The molecule has 1 atom stereocenters. The molecule has 0 aromatic heterocycles. The van der Waals surface area contributed by atoms with Gasteiger partial charge in [-0.1, -0.05) is 60.7 Å². The fourth-order valence-corrected chi connectivity index (χ4v) is 5.20. The zero-order valence-electron chi connectivity index (χ0n) is 19.9. The predicted octanol–water partition coefficient (Wildman–Crippen LogP) is 3.84. The Morgan fingerprint density at radius 1 is 0.970 bits per heavy atom. The molecule has 2 saturated heterocycles. The van der Waals surface area contributed by atoms with Gasteiger partial charge in [0.25, 0.3) is 0 Å². The van der Waals surface area contributed by atoms with Gasteiger partial charge in [0.15, 0.2) is 0 Å². The molecule has 4 rings (SSSR count). The van der Waals surface area contributed by atoms with Crippen molar-refractivity contribution in [2.45, 2.75) is 38.6 Å². The van der Waals surface area contributed by atoms with Crippen molar-refractivity contribution in [3.63, 3.8) is 0 Å². The van der Waals surface area contributed by atoms with Crippen LogP contribution >= 0.6 is 0 Å². The SMILES string of the molecule is CN1CC(C(=O)N(CCCN2CCC(Cc3ccccc3)CC2)Cc2ccccc2)CC1=O. The average Bonchev–Trinajstić information content (AvgIpc) is 3.18. The summed E-state index contributed by atoms with van der Waals surface area (Å²) in [5.74, 6) is 0.765. The molecule has 0 spiro atoms. The van der Waals surface area contributed by atoms with Gasteiger partial charge < -0.3 is 14.7 Å².